The minimum atomic E-state index is -0.905. The van der Waals surface area contributed by atoms with Gasteiger partial charge in [0.25, 0.3) is 11.4 Å². The van der Waals surface area contributed by atoms with E-state index >= 15 is 0 Å². The van der Waals surface area contributed by atoms with E-state index in [1.54, 1.807) is 12.1 Å². The van der Waals surface area contributed by atoms with Crippen LogP contribution in [0.5, 0.6) is 0 Å². The first-order valence-electron chi connectivity index (χ1n) is 7.31. The summed E-state index contributed by atoms with van der Waals surface area (Å²) in [5.41, 5.74) is -0.0263. The number of nitrogens with zero attached hydrogens (tertiary/aromatic N) is 2. The van der Waals surface area contributed by atoms with E-state index in [9.17, 15) is 29.8 Å². The number of hydrogen-bond donors (Lipinski definition) is 0. The molecule has 0 amide bonds. The van der Waals surface area contributed by atoms with Gasteiger partial charge in [-0.05, 0) is 36.4 Å². The Kier molecular flexibility index (Phi) is 5.83. The zero-order valence-corrected chi connectivity index (χ0v) is 13.3. The van der Waals surface area contributed by atoms with Crippen molar-refractivity contribution >= 4 is 35.1 Å². The molecule has 0 aliphatic carbocycles. The molecule has 0 aromatic heterocycles. The number of nitro groups is 2. The van der Waals surface area contributed by atoms with Crippen molar-refractivity contribution < 1.29 is 19.4 Å². The molecule has 0 aliphatic heterocycles. The Morgan fingerprint density at radius 2 is 1.04 bits per heavy atom. The van der Waals surface area contributed by atoms with E-state index in [1.165, 1.54) is 48.6 Å². The van der Waals surface area contributed by atoms with Gasteiger partial charge in [0.1, 0.15) is 0 Å². The fraction of sp³-hybridized carbons (Fsp3) is 0. The molecule has 0 saturated carbocycles. The van der Waals surface area contributed by atoms with Crippen LogP contribution in [0.25, 0.3) is 12.2 Å². The normalized spacial score (nSPS) is 10.9. The Balaban J connectivity index is 2.15. The van der Waals surface area contributed by atoms with Crippen LogP contribution in [0.15, 0.2) is 60.7 Å². The minimum Gasteiger partial charge on any atom is -0.286 e. The van der Waals surface area contributed by atoms with E-state index in [2.05, 4.69) is 0 Å². The standard InChI is InChI=1S/C18H12N2O6/c21-17(11-9-13-5-1-3-7-15(13)19(23)24)18(22)12-10-14-6-2-4-8-16(14)20(25)26/h1-12H/b11-9-,12-10-. The first-order valence-corrected chi connectivity index (χ1v) is 7.31. The van der Waals surface area contributed by atoms with Crippen molar-refractivity contribution in [2.24, 2.45) is 0 Å². The molecule has 0 fully saturated rings. The fourth-order valence-corrected chi connectivity index (χ4v) is 2.08. The number of allylic oxidation sites excluding steroid dienone is 2. The SMILES string of the molecule is O=C(/C=C\c1ccccc1[N+](=O)[O-])C(=O)/C=C\c1ccccc1[N+](=O)[O-]. The molecule has 0 unspecified atom stereocenters. The summed E-state index contributed by atoms with van der Waals surface area (Å²) in [4.78, 5) is 44.3. The number of hydrogen-bond acceptors (Lipinski definition) is 6. The van der Waals surface area contributed by atoms with E-state index in [0.717, 1.165) is 12.2 Å². The monoisotopic (exact) mass is 352 g/mol. The highest BCUT2D eigenvalue weighted by Gasteiger charge is 2.13. The van der Waals surface area contributed by atoms with Crippen molar-refractivity contribution in [2.45, 2.75) is 0 Å². The summed E-state index contributed by atoms with van der Waals surface area (Å²) in [7, 11) is 0. The molecular weight excluding hydrogens is 340 g/mol. The average molecular weight is 352 g/mol. The lowest BCUT2D eigenvalue weighted by Gasteiger charge is -1.96. The maximum Gasteiger partial charge on any atom is 0.276 e. The highest BCUT2D eigenvalue weighted by molar-refractivity contribution is 6.46. The second kappa shape index (κ2) is 8.25. The van der Waals surface area contributed by atoms with Crippen molar-refractivity contribution in [3.63, 3.8) is 0 Å². The number of carbonyl (C=O) groups excluding carboxylic acids is 2. The lowest BCUT2D eigenvalue weighted by Crippen LogP contribution is -2.07. The first-order chi connectivity index (χ1) is 12.4. The van der Waals surface area contributed by atoms with Gasteiger partial charge in [-0.3, -0.25) is 29.8 Å². The number of para-hydroxylation sites is 2. The van der Waals surface area contributed by atoms with Gasteiger partial charge in [0.2, 0.25) is 11.6 Å². The van der Waals surface area contributed by atoms with E-state index < -0.39 is 21.4 Å². The largest absolute Gasteiger partial charge is 0.286 e. The molecule has 2 rings (SSSR count). The fourth-order valence-electron chi connectivity index (χ4n) is 2.08. The molecule has 0 spiro atoms. The molecule has 0 atom stereocenters. The van der Waals surface area contributed by atoms with Crippen molar-refractivity contribution in [3.8, 4) is 0 Å². The van der Waals surface area contributed by atoms with Crippen molar-refractivity contribution in [2.75, 3.05) is 0 Å². The van der Waals surface area contributed by atoms with Gasteiger partial charge < -0.3 is 0 Å². The zero-order valence-electron chi connectivity index (χ0n) is 13.3. The van der Waals surface area contributed by atoms with Gasteiger partial charge in [0.05, 0.1) is 21.0 Å². The second-order valence-corrected chi connectivity index (χ2v) is 5.03. The van der Waals surface area contributed by atoms with Gasteiger partial charge in [-0.1, -0.05) is 24.3 Å². The Morgan fingerprint density at radius 1 is 0.692 bits per heavy atom. The number of rotatable bonds is 7. The summed E-state index contributed by atoms with van der Waals surface area (Å²) in [6.07, 6.45) is 4.21. The molecule has 0 saturated heterocycles. The third-order valence-corrected chi connectivity index (χ3v) is 3.34. The van der Waals surface area contributed by atoms with Crippen LogP contribution >= 0.6 is 0 Å². The van der Waals surface area contributed by atoms with E-state index in [-0.39, 0.29) is 22.5 Å². The summed E-state index contributed by atoms with van der Waals surface area (Å²) < 4.78 is 0. The van der Waals surface area contributed by atoms with Crippen LogP contribution in [0, 0.1) is 20.2 Å². The highest BCUT2D eigenvalue weighted by Crippen LogP contribution is 2.20. The average Bonchev–Trinajstić information content (AvgIpc) is 2.64. The second-order valence-electron chi connectivity index (χ2n) is 5.03. The first kappa shape index (κ1) is 18.4. The number of ketones is 2. The summed E-state index contributed by atoms with van der Waals surface area (Å²) in [5.74, 6) is -1.81. The summed E-state index contributed by atoms with van der Waals surface area (Å²) in [6.45, 7) is 0. The molecule has 26 heavy (non-hydrogen) atoms. The number of benzene rings is 2. The topological polar surface area (TPSA) is 120 Å². The third-order valence-electron chi connectivity index (χ3n) is 3.34. The van der Waals surface area contributed by atoms with E-state index in [4.69, 9.17) is 0 Å². The van der Waals surface area contributed by atoms with E-state index in [1.807, 2.05) is 0 Å². The summed E-state index contributed by atoms with van der Waals surface area (Å²) >= 11 is 0. The summed E-state index contributed by atoms with van der Waals surface area (Å²) in [6, 6.07) is 11.5. The van der Waals surface area contributed by atoms with Crippen LogP contribution in [-0.2, 0) is 9.59 Å². The third kappa shape index (κ3) is 4.54. The Morgan fingerprint density at radius 3 is 1.38 bits per heavy atom. The molecule has 0 bridgehead atoms. The van der Waals surface area contributed by atoms with Gasteiger partial charge in [-0.2, -0.15) is 0 Å². The molecule has 2 aromatic carbocycles. The molecular formula is C18H12N2O6. The van der Waals surface area contributed by atoms with Crippen LogP contribution in [0.4, 0.5) is 11.4 Å². The van der Waals surface area contributed by atoms with Crippen LogP contribution in [0.1, 0.15) is 11.1 Å². The molecule has 2 aromatic rings. The Labute approximate surface area is 147 Å². The highest BCUT2D eigenvalue weighted by atomic mass is 16.6. The van der Waals surface area contributed by atoms with E-state index in [0.29, 0.717) is 0 Å². The van der Waals surface area contributed by atoms with Gasteiger partial charge >= 0.3 is 0 Å². The van der Waals surface area contributed by atoms with Gasteiger partial charge in [0.15, 0.2) is 0 Å². The lowest BCUT2D eigenvalue weighted by atomic mass is 10.1. The van der Waals surface area contributed by atoms with Crippen molar-refractivity contribution in [1.82, 2.24) is 0 Å². The maximum absolute atomic E-state index is 11.8. The van der Waals surface area contributed by atoms with Crippen LogP contribution in [-0.4, -0.2) is 21.4 Å². The predicted octanol–water partition coefficient (Wildman–Crippen LogP) is 3.37. The number of carbonyl (C=O) groups is 2. The molecule has 0 radical (unpaired) electrons. The van der Waals surface area contributed by atoms with Gasteiger partial charge in [-0.25, -0.2) is 0 Å². The lowest BCUT2D eigenvalue weighted by molar-refractivity contribution is -0.385. The van der Waals surface area contributed by atoms with Crippen LogP contribution in [0.2, 0.25) is 0 Å². The summed E-state index contributed by atoms with van der Waals surface area (Å²) in [5, 5.41) is 21.8. The predicted molar refractivity (Wildman–Crippen MR) is 94.3 cm³/mol. The molecule has 0 heterocycles. The molecule has 0 aliphatic rings. The molecule has 8 nitrogen and oxygen atoms in total. The maximum atomic E-state index is 11.8. The van der Waals surface area contributed by atoms with Crippen molar-refractivity contribution in [1.29, 1.82) is 0 Å². The van der Waals surface area contributed by atoms with Crippen LogP contribution in [0.3, 0.4) is 0 Å². The Bertz CT molecular complexity index is 869. The van der Waals surface area contributed by atoms with Crippen molar-refractivity contribution in [3.05, 3.63) is 92.0 Å². The smallest absolute Gasteiger partial charge is 0.276 e. The van der Waals surface area contributed by atoms with Gasteiger partial charge in [-0.15, -0.1) is 0 Å². The van der Waals surface area contributed by atoms with Gasteiger partial charge in [0, 0.05) is 12.1 Å². The molecule has 130 valence electrons. The number of nitro benzene ring substituents is 2. The molecule has 0 N–H and O–H groups in total. The van der Waals surface area contributed by atoms with Crippen LogP contribution < -0.4 is 0 Å². The molecule has 8 heteroatoms. The zero-order chi connectivity index (χ0) is 19.1. The Hall–Kier alpha value is -3.94. The minimum absolute atomic E-state index is 0.182. The quantitative estimate of drug-likeness (QED) is 0.326.